The first-order valence-electron chi connectivity index (χ1n) is 4.43. The van der Waals surface area contributed by atoms with Crippen LogP contribution in [-0.2, 0) is 0 Å². The summed E-state index contributed by atoms with van der Waals surface area (Å²) in [6.07, 6.45) is 6.54. The van der Waals surface area contributed by atoms with Gasteiger partial charge in [-0.15, -0.1) is 11.8 Å². The van der Waals surface area contributed by atoms with E-state index < -0.39 is 0 Å². The van der Waals surface area contributed by atoms with E-state index in [0.717, 1.165) is 0 Å². The van der Waals surface area contributed by atoms with Crippen LogP contribution in [0.3, 0.4) is 0 Å². The summed E-state index contributed by atoms with van der Waals surface area (Å²) in [5.74, 6) is 0. The second-order valence-electron chi connectivity index (χ2n) is 3.11. The summed E-state index contributed by atoms with van der Waals surface area (Å²) in [4.78, 5) is 1.39. The van der Waals surface area contributed by atoms with Crippen molar-refractivity contribution in [2.75, 3.05) is 0 Å². The van der Waals surface area contributed by atoms with Gasteiger partial charge in [0.1, 0.15) is 0 Å². The minimum Gasteiger partial charge on any atom is -0.118 e. The lowest BCUT2D eigenvalue weighted by molar-refractivity contribution is 1.22. The minimum atomic E-state index is 0.506. The Balaban J connectivity index is 2.21. The molecule has 0 aliphatic carbocycles. The van der Waals surface area contributed by atoms with Gasteiger partial charge in [0.15, 0.2) is 0 Å². The highest BCUT2D eigenvalue weighted by Gasteiger charge is 2.10. The van der Waals surface area contributed by atoms with Crippen LogP contribution in [0.15, 0.2) is 53.5 Å². The van der Waals surface area contributed by atoms with Gasteiger partial charge in [0.25, 0.3) is 0 Å². The van der Waals surface area contributed by atoms with E-state index in [1.54, 1.807) is 0 Å². The quantitative estimate of drug-likeness (QED) is 0.643. The standard InChI is InChI=1S/C12H12S/c1-10-6-5-9-12(13-10)11-7-3-2-4-8-11/h2-9,12H,1H3. The number of allylic oxidation sites excluding steroid dienone is 3. The summed E-state index contributed by atoms with van der Waals surface area (Å²) in [6.45, 7) is 2.16. The van der Waals surface area contributed by atoms with Crippen LogP contribution in [0.1, 0.15) is 17.7 Å². The molecule has 1 heteroatoms. The lowest BCUT2D eigenvalue weighted by atomic mass is 10.1. The molecule has 1 unspecified atom stereocenters. The Hall–Kier alpha value is -0.950. The Morgan fingerprint density at radius 1 is 1.15 bits per heavy atom. The Bertz CT molecular complexity index is 335. The number of rotatable bonds is 1. The van der Waals surface area contributed by atoms with Gasteiger partial charge in [-0.2, -0.15) is 0 Å². The molecule has 0 radical (unpaired) electrons. The van der Waals surface area contributed by atoms with Crippen LogP contribution in [0.2, 0.25) is 0 Å². The van der Waals surface area contributed by atoms with E-state index in [-0.39, 0.29) is 0 Å². The van der Waals surface area contributed by atoms with Crippen LogP contribution in [0.5, 0.6) is 0 Å². The average Bonchev–Trinajstić information content (AvgIpc) is 2.19. The third-order valence-electron chi connectivity index (χ3n) is 2.06. The zero-order valence-corrected chi connectivity index (χ0v) is 8.42. The molecule has 0 saturated carbocycles. The number of hydrogen-bond donors (Lipinski definition) is 0. The largest absolute Gasteiger partial charge is 0.118 e. The van der Waals surface area contributed by atoms with Crippen molar-refractivity contribution < 1.29 is 0 Å². The van der Waals surface area contributed by atoms with Gasteiger partial charge in [-0.3, -0.25) is 0 Å². The number of benzene rings is 1. The molecule has 1 aliphatic heterocycles. The molecule has 0 saturated heterocycles. The number of hydrogen-bond acceptors (Lipinski definition) is 1. The first-order valence-corrected chi connectivity index (χ1v) is 5.31. The van der Waals surface area contributed by atoms with E-state index in [1.807, 2.05) is 11.8 Å². The van der Waals surface area contributed by atoms with Crippen LogP contribution in [0.25, 0.3) is 0 Å². The molecule has 0 nitrogen and oxygen atoms in total. The van der Waals surface area contributed by atoms with Crippen molar-refractivity contribution in [3.63, 3.8) is 0 Å². The predicted octanol–water partition coefficient (Wildman–Crippen LogP) is 3.93. The Labute approximate surface area is 83.4 Å². The van der Waals surface area contributed by atoms with Crippen LogP contribution in [0.4, 0.5) is 0 Å². The molecule has 1 atom stereocenters. The average molecular weight is 188 g/mol. The van der Waals surface area contributed by atoms with Crippen molar-refractivity contribution >= 4 is 11.8 Å². The van der Waals surface area contributed by atoms with Crippen molar-refractivity contribution in [2.45, 2.75) is 12.2 Å². The summed E-state index contributed by atoms with van der Waals surface area (Å²) in [5.41, 5.74) is 1.39. The second-order valence-corrected chi connectivity index (χ2v) is 4.50. The van der Waals surface area contributed by atoms with E-state index in [1.165, 1.54) is 10.5 Å². The van der Waals surface area contributed by atoms with Crippen LogP contribution in [-0.4, -0.2) is 0 Å². The van der Waals surface area contributed by atoms with Crippen molar-refractivity contribution in [3.05, 3.63) is 59.0 Å². The van der Waals surface area contributed by atoms with Gasteiger partial charge >= 0.3 is 0 Å². The lowest BCUT2D eigenvalue weighted by Crippen LogP contribution is -1.92. The molecular formula is C12H12S. The number of thioether (sulfide) groups is 1. The highest BCUT2D eigenvalue weighted by molar-refractivity contribution is 8.03. The molecular weight excluding hydrogens is 176 g/mol. The zero-order valence-electron chi connectivity index (χ0n) is 7.60. The van der Waals surface area contributed by atoms with Gasteiger partial charge in [0.2, 0.25) is 0 Å². The van der Waals surface area contributed by atoms with Crippen molar-refractivity contribution in [3.8, 4) is 0 Å². The fraction of sp³-hybridized carbons (Fsp3) is 0.167. The maximum atomic E-state index is 2.24. The molecule has 0 bridgehead atoms. The third kappa shape index (κ3) is 2.04. The SMILES string of the molecule is CC1=CC=CC(c2ccccc2)S1. The highest BCUT2D eigenvalue weighted by atomic mass is 32.2. The highest BCUT2D eigenvalue weighted by Crippen LogP contribution is 2.37. The molecule has 0 fully saturated rings. The van der Waals surface area contributed by atoms with Gasteiger partial charge in [0.05, 0.1) is 5.25 Å². The minimum absolute atomic E-state index is 0.506. The van der Waals surface area contributed by atoms with Crippen LogP contribution >= 0.6 is 11.8 Å². The Morgan fingerprint density at radius 3 is 2.62 bits per heavy atom. The maximum Gasteiger partial charge on any atom is 0.0524 e. The van der Waals surface area contributed by atoms with Gasteiger partial charge in [-0.1, -0.05) is 48.6 Å². The maximum absolute atomic E-state index is 2.24. The Kier molecular flexibility index (Phi) is 2.55. The van der Waals surface area contributed by atoms with Gasteiger partial charge in [0, 0.05) is 0 Å². The molecule has 1 aliphatic rings. The molecule has 1 heterocycles. The Morgan fingerprint density at radius 2 is 1.92 bits per heavy atom. The second kappa shape index (κ2) is 3.84. The fourth-order valence-electron chi connectivity index (χ4n) is 1.39. The van der Waals surface area contributed by atoms with E-state index in [4.69, 9.17) is 0 Å². The summed E-state index contributed by atoms with van der Waals surface area (Å²) in [5, 5.41) is 0.506. The zero-order chi connectivity index (χ0) is 9.10. The van der Waals surface area contributed by atoms with Crippen molar-refractivity contribution in [1.29, 1.82) is 0 Å². The lowest BCUT2D eigenvalue weighted by Gasteiger charge is -2.15. The molecule has 1 aromatic carbocycles. The summed E-state index contributed by atoms with van der Waals surface area (Å²) >= 11 is 1.91. The monoisotopic (exact) mass is 188 g/mol. The van der Waals surface area contributed by atoms with E-state index in [0.29, 0.717) is 5.25 Å². The smallest absolute Gasteiger partial charge is 0.0524 e. The topological polar surface area (TPSA) is 0 Å². The third-order valence-corrected chi connectivity index (χ3v) is 3.25. The first-order chi connectivity index (χ1) is 6.36. The molecule has 0 aromatic heterocycles. The molecule has 13 heavy (non-hydrogen) atoms. The van der Waals surface area contributed by atoms with Gasteiger partial charge in [-0.05, 0) is 17.4 Å². The summed E-state index contributed by atoms with van der Waals surface area (Å²) in [7, 11) is 0. The van der Waals surface area contributed by atoms with Crippen LogP contribution < -0.4 is 0 Å². The molecule has 0 spiro atoms. The van der Waals surface area contributed by atoms with E-state index in [9.17, 15) is 0 Å². The molecule has 1 aromatic rings. The van der Waals surface area contributed by atoms with Crippen molar-refractivity contribution in [1.82, 2.24) is 0 Å². The summed E-state index contributed by atoms with van der Waals surface area (Å²) in [6, 6.07) is 10.6. The molecule has 0 N–H and O–H groups in total. The van der Waals surface area contributed by atoms with Gasteiger partial charge in [-0.25, -0.2) is 0 Å². The molecule has 0 amide bonds. The van der Waals surface area contributed by atoms with Crippen LogP contribution in [0, 0.1) is 0 Å². The predicted molar refractivity (Wildman–Crippen MR) is 59.7 cm³/mol. The summed E-state index contributed by atoms with van der Waals surface area (Å²) < 4.78 is 0. The van der Waals surface area contributed by atoms with E-state index >= 15 is 0 Å². The molecule has 66 valence electrons. The molecule has 2 rings (SSSR count). The van der Waals surface area contributed by atoms with Crippen molar-refractivity contribution in [2.24, 2.45) is 0 Å². The van der Waals surface area contributed by atoms with E-state index in [2.05, 4.69) is 55.5 Å². The van der Waals surface area contributed by atoms with Gasteiger partial charge < -0.3 is 0 Å². The fourth-order valence-corrected chi connectivity index (χ4v) is 2.41. The normalized spacial score (nSPS) is 21.3. The first kappa shape index (κ1) is 8.64.